The summed E-state index contributed by atoms with van der Waals surface area (Å²) in [5, 5.41) is 12.1. The number of benzene rings is 1. The van der Waals surface area contributed by atoms with Crippen LogP contribution in [0.2, 0.25) is 0 Å². The number of phenols is 1. The van der Waals surface area contributed by atoms with Crippen molar-refractivity contribution in [1.82, 2.24) is 5.32 Å². The highest BCUT2D eigenvalue weighted by Gasteiger charge is 2.13. The van der Waals surface area contributed by atoms with Crippen LogP contribution in [0.25, 0.3) is 0 Å². The average Bonchev–Trinajstić information content (AvgIpc) is 2.84. The summed E-state index contributed by atoms with van der Waals surface area (Å²) in [5.41, 5.74) is 1.12. The predicted octanol–water partition coefficient (Wildman–Crippen LogP) is 2.41. The van der Waals surface area contributed by atoms with Crippen LogP contribution in [0.4, 0.5) is 0 Å². The highest BCUT2D eigenvalue weighted by molar-refractivity contribution is 5.76. The summed E-state index contributed by atoms with van der Waals surface area (Å²) in [5.74, 6) is 0.833. The number of carbonyl (C=O) groups excluding carboxylic acids is 1. The molecule has 1 aromatic carbocycles. The highest BCUT2D eigenvalue weighted by atomic mass is 16.3. The maximum absolute atomic E-state index is 11.7. The third-order valence-electron chi connectivity index (χ3n) is 3.23. The first-order valence-electron chi connectivity index (χ1n) is 6.45. The van der Waals surface area contributed by atoms with E-state index in [9.17, 15) is 4.79 Å². The van der Waals surface area contributed by atoms with Crippen LogP contribution in [-0.2, 0) is 11.2 Å². The number of phenolic OH excluding ortho intramolecular Hbond substituents is 1. The number of nitrogens with one attached hydrogen (secondary N) is 1. The standard InChI is InChI=1S/C15H19NO2/c17-14-7-5-12(6-8-14)9-10-16-15(18)11-13-3-1-2-4-13/h1,3,5-8,13,17H,2,4,9-11H2,(H,16,18). The molecule has 0 bridgehead atoms. The minimum absolute atomic E-state index is 0.130. The Bertz CT molecular complexity index is 423. The molecule has 0 heterocycles. The molecule has 0 saturated carbocycles. The molecule has 2 rings (SSSR count). The monoisotopic (exact) mass is 245 g/mol. The first kappa shape index (κ1) is 12.7. The van der Waals surface area contributed by atoms with E-state index < -0.39 is 0 Å². The van der Waals surface area contributed by atoms with Gasteiger partial charge in [-0.15, -0.1) is 0 Å². The number of hydrogen-bond donors (Lipinski definition) is 2. The van der Waals surface area contributed by atoms with E-state index in [0.717, 1.165) is 24.8 Å². The van der Waals surface area contributed by atoms with Crippen molar-refractivity contribution in [1.29, 1.82) is 0 Å². The van der Waals surface area contributed by atoms with Crippen LogP contribution in [0.3, 0.4) is 0 Å². The van der Waals surface area contributed by atoms with Crippen molar-refractivity contribution in [3.63, 3.8) is 0 Å². The zero-order valence-electron chi connectivity index (χ0n) is 10.4. The van der Waals surface area contributed by atoms with Gasteiger partial charge in [-0.25, -0.2) is 0 Å². The molecule has 1 atom stereocenters. The van der Waals surface area contributed by atoms with Gasteiger partial charge in [0.15, 0.2) is 0 Å². The summed E-state index contributed by atoms with van der Waals surface area (Å²) in [6.45, 7) is 0.653. The van der Waals surface area contributed by atoms with Crippen LogP contribution in [0.5, 0.6) is 5.75 Å². The Morgan fingerprint density at radius 1 is 1.33 bits per heavy atom. The Balaban J connectivity index is 1.66. The molecule has 3 heteroatoms. The van der Waals surface area contributed by atoms with Crippen molar-refractivity contribution in [2.24, 2.45) is 5.92 Å². The fraction of sp³-hybridized carbons (Fsp3) is 0.400. The SMILES string of the molecule is O=C(CC1C=CCC1)NCCc1ccc(O)cc1. The first-order valence-corrected chi connectivity index (χ1v) is 6.45. The minimum atomic E-state index is 0.130. The van der Waals surface area contributed by atoms with Gasteiger partial charge in [-0.3, -0.25) is 4.79 Å². The van der Waals surface area contributed by atoms with Gasteiger partial charge < -0.3 is 10.4 Å². The van der Waals surface area contributed by atoms with E-state index in [4.69, 9.17) is 5.11 Å². The van der Waals surface area contributed by atoms with Gasteiger partial charge in [-0.2, -0.15) is 0 Å². The van der Waals surface area contributed by atoms with E-state index in [1.54, 1.807) is 12.1 Å². The molecule has 1 aliphatic carbocycles. The second kappa shape index (κ2) is 6.24. The van der Waals surface area contributed by atoms with Gasteiger partial charge in [-0.05, 0) is 42.9 Å². The first-order chi connectivity index (χ1) is 8.74. The molecule has 1 aliphatic rings. The topological polar surface area (TPSA) is 49.3 Å². The lowest BCUT2D eigenvalue weighted by atomic mass is 10.1. The second-order valence-corrected chi connectivity index (χ2v) is 4.74. The Hall–Kier alpha value is -1.77. The van der Waals surface area contributed by atoms with Crippen LogP contribution in [-0.4, -0.2) is 17.6 Å². The van der Waals surface area contributed by atoms with Crippen molar-refractivity contribution in [2.45, 2.75) is 25.7 Å². The van der Waals surface area contributed by atoms with Crippen LogP contribution >= 0.6 is 0 Å². The largest absolute Gasteiger partial charge is 0.508 e. The molecule has 18 heavy (non-hydrogen) atoms. The quantitative estimate of drug-likeness (QED) is 0.783. The predicted molar refractivity (Wildman–Crippen MR) is 71.3 cm³/mol. The number of rotatable bonds is 5. The zero-order valence-corrected chi connectivity index (χ0v) is 10.4. The Kier molecular flexibility index (Phi) is 4.40. The van der Waals surface area contributed by atoms with Crippen molar-refractivity contribution in [3.8, 4) is 5.75 Å². The maximum Gasteiger partial charge on any atom is 0.220 e. The van der Waals surface area contributed by atoms with Crippen LogP contribution in [0.1, 0.15) is 24.8 Å². The van der Waals surface area contributed by atoms with E-state index in [-0.39, 0.29) is 11.7 Å². The molecule has 0 radical (unpaired) electrons. The van der Waals surface area contributed by atoms with Gasteiger partial charge in [0, 0.05) is 13.0 Å². The number of carbonyl (C=O) groups is 1. The molecule has 1 aromatic rings. The minimum Gasteiger partial charge on any atom is -0.508 e. The molecule has 2 N–H and O–H groups in total. The lowest BCUT2D eigenvalue weighted by Gasteiger charge is -2.08. The summed E-state index contributed by atoms with van der Waals surface area (Å²) < 4.78 is 0. The van der Waals surface area contributed by atoms with Crippen molar-refractivity contribution in [2.75, 3.05) is 6.54 Å². The molecule has 0 saturated heterocycles. The van der Waals surface area contributed by atoms with Crippen LogP contribution in [0, 0.1) is 5.92 Å². The van der Waals surface area contributed by atoms with Gasteiger partial charge in [0.1, 0.15) is 5.75 Å². The molecule has 3 nitrogen and oxygen atoms in total. The number of hydrogen-bond acceptors (Lipinski definition) is 2. The summed E-state index contributed by atoms with van der Waals surface area (Å²) >= 11 is 0. The third-order valence-corrected chi connectivity index (χ3v) is 3.23. The van der Waals surface area contributed by atoms with Crippen LogP contribution in [0.15, 0.2) is 36.4 Å². The zero-order chi connectivity index (χ0) is 12.8. The fourth-order valence-corrected chi connectivity index (χ4v) is 2.18. The third kappa shape index (κ3) is 3.91. The Morgan fingerprint density at radius 3 is 2.78 bits per heavy atom. The average molecular weight is 245 g/mol. The molecular formula is C15H19NO2. The maximum atomic E-state index is 11.7. The fourth-order valence-electron chi connectivity index (χ4n) is 2.18. The van der Waals surface area contributed by atoms with Crippen molar-refractivity contribution < 1.29 is 9.90 Å². The number of amides is 1. The molecule has 0 spiro atoms. The smallest absolute Gasteiger partial charge is 0.220 e. The molecule has 96 valence electrons. The van der Waals surface area contributed by atoms with Gasteiger partial charge >= 0.3 is 0 Å². The van der Waals surface area contributed by atoms with E-state index in [2.05, 4.69) is 17.5 Å². The normalized spacial score (nSPS) is 17.9. The van der Waals surface area contributed by atoms with Crippen molar-refractivity contribution in [3.05, 3.63) is 42.0 Å². The van der Waals surface area contributed by atoms with E-state index >= 15 is 0 Å². The van der Waals surface area contributed by atoms with E-state index in [1.807, 2.05) is 12.1 Å². The lowest BCUT2D eigenvalue weighted by molar-refractivity contribution is -0.121. The second-order valence-electron chi connectivity index (χ2n) is 4.74. The summed E-state index contributed by atoms with van der Waals surface area (Å²) in [7, 11) is 0. The van der Waals surface area contributed by atoms with Gasteiger partial charge in [0.2, 0.25) is 5.91 Å². The number of aromatic hydroxyl groups is 1. The van der Waals surface area contributed by atoms with Gasteiger partial charge in [0.25, 0.3) is 0 Å². The molecule has 0 fully saturated rings. The van der Waals surface area contributed by atoms with E-state index in [0.29, 0.717) is 18.9 Å². The van der Waals surface area contributed by atoms with Crippen molar-refractivity contribution >= 4 is 5.91 Å². The summed E-state index contributed by atoms with van der Waals surface area (Å²) in [6.07, 6.45) is 7.89. The Morgan fingerprint density at radius 2 is 2.11 bits per heavy atom. The summed E-state index contributed by atoms with van der Waals surface area (Å²) in [4.78, 5) is 11.7. The highest BCUT2D eigenvalue weighted by Crippen LogP contribution is 2.19. The van der Waals surface area contributed by atoms with Crippen LogP contribution < -0.4 is 5.32 Å². The molecule has 1 amide bonds. The molecular weight excluding hydrogens is 226 g/mol. The Labute approximate surface area is 108 Å². The van der Waals surface area contributed by atoms with Gasteiger partial charge in [-0.1, -0.05) is 24.3 Å². The number of allylic oxidation sites excluding steroid dienone is 2. The van der Waals surface area contributed by atoms with E-state index in [1.165, 1.54) is 0 Å². The van der Waals surface area contributed by atoms with Gasteiger partial charge in [0.05, 0.1) is 0 Å². The molecule has 0 aromatic heterocycles. The lowest BCUT2D eigenvalue weighted by Crippen LogP contribution is -2.26. The molecule has 1 unspecified atom stereocenters. The summed E-state index contributed by atoms with van der Waals surface area (Å²) in [6, 6.07) is 7.09. The molecule has 0 aliphatic heterocycles.